The molecular weight excluding hydrogens is 386 g/mol. The number of hydrogen-bond acceptors (Lipinski definition) is 2. The summed E-state index contributed by atoms with van der Waals surface area (Å²) in [7, 11) is 0. The van der Waals surface area contributed by atoms with Crippen molar-refractivity contribution >= 4 is 11.8 Å². The van der Waals surface area contributed by atoms with Gasteiger partial charge in [-0.05, 0) is 35.7 Å². The second kappa shape index (κ2) is 9.78. The third-order valence-electron chi connectivity index (χ3n) is 4.71. The van der Waals surface area contributed by atoms with E-state index in [0.717, 1.165) is 28.8 Å². The average Bonchev–Trinajstić information content (AvgIpc) is 2.74. The van der Waals surface area contributed by atoms with Gasteiger partial charge in [-0.15, -0.1) is 0 Å². The molecule has 0 aliphatic heterocycles. The largest absolute Gasteiger partial charge is 0.351 e. The molecule has 0 heterocycles. The molecule has 30 heavy (non-hydrogen) atoms. The van der Waals surface area contributed by atoms with Crippen molar-refractivity contribution in [3.05, 3.63) is 95.6 Å². The van der Waals surface area contributed by atoms with E-state index in [2.05, 4.69) is 10.6 Å². The summed E-state index contributed by atoms with van der Waals surface area (Å²) in [6, 6.07) is 20.5. The van der Waals surface area contributed by atoms with E-state index >= 15 is 0 Å². The van der Waals surface area contributed by atoms with Gasteiger partial charge in [0.15, 0.2) is 0 Å². The molecular formula is C24H22F2N2O2. The molecule has 2 amide bonds. The third kappa shape index (κ3) is 5.50. The van der Waals surface area contributed by atoms with Crippen LogP contribution in [-0.2, 0) is 4.79 Å². The summed E-state index contributed by atoms with van der Waals surface area (Å²) in [6.45, 7) is 1.92. The topological polar surface area (TPSA) is 58.2 Å². The lowest BCUT2D eigenvalue weighted by Crippen LogP contribution is -2.32. The van der Waals surface area contributed by atoms with E-state index in [-0.39, 0.29) is 30.5 Å². The molecule has 0 saturated heterocycles. The first kappa shape index (κ1) is 21.2. The minimum Gasteiger partial charge on any atom is -0.351 e. The van der Waals surface area contributed by atoms with Gasteiger partial charge in [0.2, 0.25) is 5.91 Å². The first-order valence-electron chi connectivity index (χ1n) is 9.62. The zero-order chi connectivity index (χ0) is 21.5. The summed E-state index contributed by atoms with van der Waals surface area (Å²) in [5.41, 5.74) is 2.91. The standard InChI is InChI=1S/C24H22F2N2O2/c1-16(17-7-9-19(10-8-17)18-5-3-2-4-6-18)28-23(29)13-14-27-24(30)21-12-11-20(25)15-22(21)26/h2-12,15-16H,13-14H2,1H3,(H,27,30)(H,28,29). The normalized spacial score (nSPS) is 11.6. The first-order valence-corrected chi connectivity index (χ1v) is 9.62. The highest BCUT2D eigenvalue weighted by Gasteiger charge is 2.14. The number of amides is 2. The minimum absolute atomic E-state index is 0.0427. The number of nitrogens with one attached hydrogen (secondary N) is 2. The van der Waals surface area contributed by atoms with Crippen LogP contribution in [0.5, 0.6) is 0 Å². The highest BCUT2D eigenvalue weighted by molar-refractivity contribution is 5.94. The second-order valence-electron chi connectivity index (χ2n) is 6.91. The van der Waals surface area contributed by atoms with Gasteiger partial charge in [-0.3, -0.25) is 9.59 Å². The lowest BCUT2D eigenvalue weighted by molar-refractivity contribution is -0.121. The highest BCUT2D eigenvalue weighted by atomic mass is 19.1. The number of benzene rings is 3. The number of carbonyl (C=O) groups excluding carboxylic acids is 2. The van der Waals surface area contributed by atoms with Crippen LogP contribution in [0.2, 0.25) is 0 Å². The zero-order valence-corrected chi connectivity index (χ0v) is 16.5. The number of rotatable bonds is 7. The number of halogens is 2. The molecule has 0 saturated carbocycles. The summed E-state index contributed by atoms with van der Waals surface area (Å²) in [5, 5.41) is 5.34. The lowest BCUT2D eigenvalue weighted by Gasteiger charge is -2.15. The van der Waals surface area contributed by atoms with Crippen LogP contribution in [0.3, 0.4) is 0 Å². The summed E-state index contributed by atoms with van der Waals surface area (Å²) in [5.74, 6) is -2.63. The van der Waals surface area contributed by atoms with E-state index < -0.39 is 17.5 Å². The quantitative estimate of drug-likeness (QED) is 0.599. The molecule has 1 unspecified atom stereocenters. The van der Waals surface area contributed by atoms with Gasteiger partial charge in [-0.1, -0.05) is 54.6 Å². The Bertz CT molecular complexity index is 1020. The van der Waals surface area contributed by atoms with Gasteiger partial charge in [0.25, 0.3) is 5.91 Å². The van der Waals surface area contributed by atoms with Crippen molar-refractivity contribution in [2.24, 2.45) is 0 Å². The lowest BCUT2D eigenvalue weighted by atomic mass is 10.0. The summed E-state index contributed by atoms with van der Waals surface area (Å²) < 4.78 is 26.5. The van der Waals surface area contributed by atoms with Gasteiger partial charge in [0.1, 0.15) is 11.6 Å². The molecule has 0 aliphatic carbocycles. The summed E-state index contributed by atoms with van der Waals surface area (Å²) >= 11 is 0. The van der Waals surface area contributed by atoms with Crippen molar-refractivity contribution in [3.63, 3.8) is 0 Å². The Morgan fingerprint density at radius 3 is 2.23 bits per heavy atom. The molecule has 3 aromatic rings. The number of carbonyl (C=O) groups is 2. The average molecular weight is 408 g/mol. The Kier molecular flexibility index (Phi) is 6.91. The molecule has 154 valence electrons. The Hall–Kier alpha value is -3.54. The third-order valence-corrected chi connectivity index (χ3v) is 4.71. The van der Waals surface area contributed by atoms with Crippen LogP contribution in [-0.4, -0.2) is 18.4 Å². The minimum atomic E-state index is -0.940. The Labute approximate surface area is 173 Å². The van der Waals surface area contributed by atoms with Crippen molar-refractivity contribution in [1.82, 2.24) is 10.6 Å². The highest BCUT2D eigenvalue weighted by Crippen LogP contribution is 2.21. The molecule has 3 rings (SSSR count). The van der Waals surface area contributed by atoms with Gasteiger partial charge in [-0.2, -0.15) is 0 Å². The summed E-state index contributed by atoms with van der Waals surface area (Å²) in [6.07, 6.45) is 0.0427. The molecule has 6 heteroatoms. The van der Waals surface area contributed by atoms with Crippen LogP contribution in [0.25, 0.3) is 11.1 Å². The van der Waals surface area contributed by atoms with E-state index in [0.29, 0.717) is 6.07 Å². The van der Waals surface area contributed by atoms with Crippen LogP contribution in [0.4, 0.5) is 8.78 Å². The Morgan fingerprint density at radius 1 is 0.900 bits per heavy atom. The Morgan fingerprint density at radius 2 is 1.57 bits per heavy atom. The maximum atomic E-state index is 13.6. The smallest absolute Gasteiger partial charge is 0.254 e. The van der Waals surface area contributed by atoms with Gasteiger partial charge in [0.05, 0.1) is 11.6 Å². The fourth-order valence-corrected chi connectivity index (χ4v) is 3.05. The van der Waals surface area contributed by atoms with Crippen molar-refractivity contribution in [1.29, 1.82) is 0 Å². The van der Waals surface area contributed by atoms with Crippen molar-refractivity contribution in [2.45, 2.75) is 19.4 Å². The predicted octanol–water partition coefficient (Wildman–Crippen LogP) is 4.63. The Balaban J connectivity index is 1.48. The molecule has 0 radical (unpaired) electrons. The van der Waals surface area contributed by atoms with E-state index in [1.54, 1.807) is 0 Å². The fourth-order valence-electron chi connectivity index (χ4n) is 3.05. The second-order valence-corrected chi connectivity index (χ2v) is 6.91. The number of hydrogen-bond donors (Lipinski definition) is 2. The van der Waals surface area contributed by atoms with Crippen LogP contribution >= 0.6 is 0 Å². The molecule has 0 bridgehead atoms. The van der Waals surface area contributed by atoms with Gasteiger partial charge in [-0.25, -0.2) is 8.78 Å². The fraction of sp³-hybridized carbons (Fsp3) is 0.167. The van der Waals surface area contributed by atoms with Crippen molar-refractivity contribution in [3.8, 4) is 11.1 Å². The monoisotopic (exact) mass is 408 g/mol. The van der Waals surface area contributed by atoms with Gasteiger partial charge >= 0.3 is 0 Å². The SMILES string of the molecule is CC(NC(=O)CCNC(=O)c1ccc(F)cc1F)c1ccc(-c2ccccc2)cc1. The molecule has 1 atom stereocenters. The maximum absolute atomic E-state index is 13.6. The molecule has 4 nitrogen and oxygen atoms in total. The van der Waals surface area contributed by atoms with E-state index in [1.807, 2.05) is 61.5 Å². The zero-order valence-electron chi connectivity index (χ0n) is 16.5. The summed E-state index contributed by atoms with van der Waals surface area (Å²) in [4.78, 5) is 24.1. The van der Waals surface area contributed by atoms with E-state index in [1.165, 1.54) is 0 Å². The molecule has 0 aromatic heterocycles. The molecule has 0 aliphatic rings. The first-order chi connectivity index (χ1) is 14.4. The van der Waals surface area contributed by atoms with E-state index in [9.17, 15) is 18.4 Å². The van der Waals surface area contributed by atoms with Gasteiger partial charge < -0.3 is 10.6 Å². The molecule has 3 aromatic carbocycles. The molecule has 0 spiro atoms. The van der Waals surface area contributed by atoms with Gasteiger partial charge in [0, 0.05) is 19.0 Å². The van der Waals surface area contributed by atoms with Crippen molar-refractivity contribution in [2.75, 3.05) is 6.54 Å². The van der Waals surface area contributed by atoms with Crippen LogP contribution in [0.15, 0.2) is 72.8 Å². The van der Waals surface area contributed by atoms with Crippen molar-refractivity contribution < 1.29 is 18.4 Å². The molecule has 0 fully saturated rings. The maximum Gasteiger partial charge on any atom is 0.254 e. The van der Waals surface area contributed by atoms with Crippen LogP contribution in [0.1, 0.15) is 35.3 Å². The van der Waals surface area contributed by atoms with Crippen LogP contribution in [0, 0.1) is 11.6 Å². The molecule has 2 N–H and O–H groups in total. The van der Waals surface area contributed by atoms with Crippen LogP contribution < -0.4 is 10.6 Å². The predicted molar refractivity (Wildman–Crippen MR) is 112 cm³/mol. The van der Waals surface area contributed by atoms with E-state index in [4.69, 9.17) is 0 Å².